The standard InChI is InChI=1S/C21H24Br2OSi/c1-5-17(16-20(22)23)24-25(21(2,3)4,18-12-8-6-9-13-18)19-14-10-7-11-15-19/h5-17H,1H2,2-4H3/t17-/m0/s1. The molecule has 0 fully saturated rings. The predicted molar refractivity (Wildman–Crippen MR) is 119 cm³/mol. The second-order valence-corrected chi connectivity index (χ2v) is 14.0. The van der Waals surface area contributed by atoms with Crippen molar-refractivity contribution >= 4 is 50.6 Å². The van der Waals surface area contributed by atoms with Gasteiger partial charge in [-0.2, -0.15) is 0 Å². The van der Waals surface area contributed by atoms with E-state index in [4.69, 9.17) is 4.43 Å². The predicted octanol–water partition coefficient (Wildman–Crippen LogP) is 5.75. The van der Waals surface area contributed by atoms with Crippen LogP contribution >= 0.6 is 31.9 Å². The third kappa shape index (κ3) is 4.62. The summed E-state index contributed by atoms with van der Waals surface area (Å²) in [6.45, 7) is 10.8. The molecular formula is C21H24Br2OSi. The molecule has 25 heavy (non-hydrogen) atoms. The molecule has 0 radical (unpaired) electrons. The summed E-state index contributed by atoms with van der Waals surface area (Å²) in [4.78, 5) is 0. The highest BCUT2D eigenvalue weighted by Gasteiger charge is 2.51. The van der Waals surface area contributed by atoms with Crippen molar-refractivity contribution in [3.8, 4) is 0 Å². The maximum atomic E-state index is 6.92. The Hall–Kier alpha value is -0.943. The van der Waals surface area contributed by atoms with Gasteiger partial charge in [-0.3, -0.25) is 0 Å². The topological polar surface area (TPSA) is 9.23 Å². The zero-order chi connectivity index (χ0) is 18.5. The van der Waals surface area contributed by atoms with Crippen molar-refractivity contribution in [3.05, 3.63) is 82.8 Å². The molecule has 0 aliphatic heterocycles. The molecule has 0 N–H and O–H groups in total. The molecule has 0 bridgehead atoms. The number of rotatable bonds is 6. The van der Waals surface area contributed by atoms with Gasteiger partial charge in [-0.1, -0.05) is 87.5 Å². The van der Waals surface area contributed by atoms with E-state index in [0.29, 0.717) is 0 Å². The Morgan fingerprint density at radius 1 is 0.960 bits per heavy atom. The minimum absolute atomic E-state index is 0.0520. The molecule has 0 saturated heterocycles. The largest absolute Gasteiger partial charge is 0.398 e. The summed E-state index contributed by atoms with van der Waals surface area (Å²) in [7, 11) is -2.56. The van der Waals surface area contributed by atoms with Crippen molar-refractivity contribution in [3.63, 3.8) is 0 Å². The quantitative estimate of drug-likeness (QED) is 0.378. The normalized spacial score (nSPS) is 13.2. The van der Waals surface area contributed by atoms with Gasteiger partial charge in [0.25, 0.3) is 8.32 Å². The van der Waals surface area contributed by atoms with Crippen LogP contribution < -0.4 is 10.4 Å². The molecule has 1 nitrogen and oxygen atoms in total. The fraction of sp³-hybridized carbons (Fsp3) is 0.238. The molecule has 0 amide bonds. The van der Waals surface area contributed by atoms with E-state index in [1.165, 1.54) is 10.4 Å². The molecule has 0 saturated carbocycles. The first kappa shape index (κ1) is 20.4. The van der Waals surface area contributed by atoms with Crippen molar-refractivity contribution in [1.29, 1.82) is 0 Å². The molecule has 4 heteroatoms. The molecule has 0 aliphatic rings. The highest BCUT2D eigenvalue weighted by Crippen LogP contribution is 2.38. The Labute approximate surface area is 169 Å². The van der Waals surface area contributed by atoms with E-state index in [2.05, 4.69) is 120 Å². The van der Waals surface area contributed by atoms with Crippen molar-refractivity contribution in [1.82, 2.24) is 0 Å². The van der Waals surface area contributed by atoms with Crippen LogP contribution in [0.3, 0.4) is 0 Å². The first-order valence-electron chi connectivity index (χ1n) is 8.25. The maximum Gasteiger partial charge on any atom is 0.262 e. The van der Waals surface area contributed by atoms with Gasteiger partial charge in [0.2, 0.25) is 0 Å². The number of hydrogen-bond acceptors (Lipinski definition) is 1. The monoisotopic (exact) mass is 478 g/mol. The van der Waals surface area contributed by atoms with E-state index in [1.54, 1.807) is 0 Å². The van der Waals surface area contributed by atoms with E-state index in [-0.39, 0.29) is 11.1 Å². The summed E-state index contributed by atoms with van der Waals surface area (Å²) in [6.07, 6.45) is 3.65. The Bertz CT molecular complexity index is 677. The van der Waals surface area contributed by atoms with Crippen LogP contribution in [0.15, 0.2) is 82.8 Å². The average Bonchev–Trinajstić information content (AvgIpc) is 2.58. The SMILES string of the molecule is C=C[C@@H](C=C(Br)Br)O[Si](c1ccccc1)(c1ccccc1)C(C)(C)C. The Morgan fingerprint density at radius 2 is 1.40 bits per heavy atom. The van der Waals surface area contributed by atoms with Gasteiger partial charge < -0.3 is 4.43 Å². The smallest absolute Gasteiger partial charge is 0.262 e. The summed E-state index contributed by atoms with van der Waals surface area (Å²) in [5, 5.41) is 2.48. The highest BCUT2D eigenvalue weighted by atomic mass is 79.9. The highest BCUT2D eigenvalue weighted by molar-refractivity contribution is 9.28. The summed E-state index contributed by atoms with van der Waals surface area (Å²) >= 11 is 6.90. The Morgan fingerprint density at radius 3 is 1.72 bits per heavy atom. The minimum atomic E-state index is -2.56. The molecular weight excluding hydrogens is 456 g/mol. The first-order valence-corrected chi connectivity index (χ1v) is 11.7. The van der Waals surface area contributed by atoms with Crippen molar-refractivity contribution in [2.24, 2.45) is 0 Å². The lowest BCUT2D eigenvalue weighted by atomic mass is 10.2. The molecule has 2 aromatic rings. The second kappa shape index (κ2) is 8.63. The van der Waals surface area contributed by atoms with Gasteiger partial charge in [-0.25, -0.2) is 0 Å². The van der Waals surface area contributed by atoms with Crippen LogP contribution in [0.25, 0.3) is 0 Å². The summed E-state index contributed by atoms with van der Waals surface area (Å²) < 4.78 is 7.78. The van der Waals surface area contributed by atoms with E-state index in [0.717, 1.165) is 3.39 Å². The lowest BCUT2D eigenvalue weighted by molar-refractivity contribution is 0.277. The zero-order valence-electron chi connectivity index (χ0n) is 14.9. The van der Waals surface area contributed by atoms with Crippen LogP contribution in [0.4, 0.5) is 0 Å². The molecule has 132 valence electrons. The fourth-order valence-corrected chi connectivity index (χ4v) is 8.28. The second-order valence-electron chi connectivity index (χ2n) is 6.94. The van der Waals surface area contributed by atoms with Gasteiger partial charge in [0.1, 0.15) is 0 Å². The van der Waals surface area contributed by atoms with Crippen LogP contribution in [0, 0.1) is 0 Å². The van der Waals surface area contributed by atoms with Crippen LogP contribution in [0.1, 0.15) is 20.8 Å². The van der Waals surface area contributed by atoms with E-state index in [1.807, 2.05) is 12.2 Å². The number of benzene rings is 2. The maximum absolute atomic E-state index is 6.92. The van der Waals surface area contributed by atoms with Crippen molar-refractivity contribution in [2.75, 3.05) is 0 Å². The Kier molecular flexibility index (Phi) is 7.03. The van der Waals surface area contributed by atoms with Crippen LogP contribution in [-0.2, 0) is 4.43 Å². The van der Waals surface area contributed by atoms with Crippen molar-refractivity contribution in [2.45, 2.75) is 31.9 Å². The zero-order valence-corrected chi connectivity index (χ0v) is 19.0. The Balaban J connectivity index is 2.72. The molecule has 0 aromatic heterocycles. The summed E-state index contributed by atoms with van der Waals surface area (Å²) in [5.74, 6) is 0. The van der Waals surface area contributed by atoms with E-state index < -0.39 is 8.32 Å². The van der Waals surface area contributed by atoms with Crippen LogP contribution in [0.2, 0.25) is 5.04 Å². The molecule has 0 heterocycles. The first-order chi connectivity index (χ1) is 11.8. The van der Waals surface area contributed by atoms with Crippen molar-refractivity contribution < 1.29 is 4.43 Å². The minimum Gasteiger partial charge on any atom is -0.398 e. The molecule has 2 rings (SSSR count). The van der Waals surface area contributed by atoms with Gasteiger partial charge in [-0.05, 0) is 53.3 Å². The van der Waals surface area contributed by atoms with Gasteiger partial charge in [0, 0.05) is 0 Å². The van der Waals surface area contributed by atoms with Gasteiger partial charge in [-0.15, -0.1) is 6.58 Å². The average molecular weight is 480 g/mol. The lowest BCUT2D eigenvalue weighted by Crippen LogP contribution is -2.67. The van der Waals surface area contributed by atoms with Gasteiger partial charge >= 0.3 is 0 Å². The molecule has 2 aromatic carbocycles. The molecule has 0 aliphatic carbocycles. The summed E-state index contributed by atoms with van der Waals surface area (Å²) in [5.41, 5.74) is 0. The molecule has 0 unspecified atom stereocenters. The molecule has 0 spiro atoms. The molecule has 1 atom stereocenters. The van der Waals surface area contributed by atoms with E-state index in [9.17, 15) is 0 Å². The van der Waals surface area contributed by atoms with Gasteiger partial charge in [0.15, 0.2) is 0 Å². The fourth-order valence-electron chi connectivity index (χ4n) is 3.17. The summed E-state index contributed by atoms with van der Waals surface area (Å²) in [6, 6.07) is 21.2. The number of halogens is 2. The van der Waals surface area contributed by atoms with Crippen LogP contribution in [-0.4, -0.2) is 14.4 Å². The van der Waals surface area contributed by atoms with E-state index >= 15 is 0 Å². The third-order valence-electron chi connectivity index (χ3n) is 4.25. The van der Waals surface area contributed by atoms with Gasteiger partial charge in [0.05, 0.1) is 9.50 Å². The lowest BCUT2D eigenvalue weighted by Gasteiger charge is -2.44. The third-order valence-corrected chi connectivity index (χ3v) is 9.81. The number of hydrogen-bond donors (Lipinski definition) is 0. The van der Waals surface area contributed by atoms with Crippen LogP contribution in [0.5, 0.6) is 0 Å².